The van der Waals surface area contributed by atoms with Crippen LogP contribution in [0.4, 0.5) is 0 Å². The highest BCUT2D eigenvalue weighted by molar-refractivity contribution is 7.11. The highest BCUT2D eigenvalue weighted by atomic mass is 35.5. The third kappa shape index (κ3) is 3.28. The molecule has 5 nitrogen and oxygen atoms in total. The van der Waals surface area contributed by atoms with Gasteiger partial charge in [0.2, 0.25) is 0 Å². The molecule has 1 aliphatic rings. The Balaban J connectivity index is 2.03. The maximum Gasteiger partial charge on any atom is 0.338 e. The molecule has 3 rings (SSSR count). The van der Waals surface area contributed by atoms with E-state index in [1.54, 1.807) is 25.4 Å². The average molecular weight is 348 g/mol. The van der Waals surface area contributed by atoms with Crippen LogP contribution in [0.2, 0.25) is 5.02 Å². The first-order valence-electron chi connectivity index (χ1n) is 7.06. The number of aromatic nitrogens is 1. The predicted octanol–water partition coefficient (Wildman–Crippen LogP) is 3.33. The van der Waals surface area contributed by atoms with Crippen LogP contribution in [-0.2, 0) is 9.53 Å². The molecule has 118 valence electrons. The number of halogens is 1. The fourth-order valence-corrected chi connectivity index (χ4v) is 3.07. The van der Waals surface area contributed by atoms with Crippen molar-refractivity contribution in [1.82, 2.24) is 10.3 Å². The van der Waals surface area contributed by atoms with Crippen LogP contribution in [0.3, 0.4) is 0 Å². The number of aliphatic imine (C=N–C) groups is 1. The molecule has 0 bridgehead atoms. The summed E-state index contributed by atoms with van der Waals surface area (Å²) < 4.78 is 5.13. The fraction of sp³-hybridized carbons (Fsp3) is 0.188. The monoisotopic (exact) mass is 347 g/mol. The second-order valence-corrected chi connectivity index (χ2v) is 6.01. The van der Waals surface area contributed by atoms with Crippen LogP contribution in [-0.4, -0.2) is 23.4 Å². The van der Waals surface area contributed by atoms with E-state index in [9.17, 15) is 4.79 Å². The van der Waals surface area contributed by atoms with Crippen molar-refractivity contribution in [3.05, 3.63) is 63.2 Å². The van der Waals surface area contributed by atoms with Gasteiger partial charge in [-0.15, -0.1) is 11.3 Å². The maximum absolute atomic E-state index is 12.2. The lowest BCUT2D eigenvalue weighted by Crippen LogP contribution is -2.29. The Morgan fingerprint density at radius 3 is 2.96 bits per heavy atom. The number of nitrogens with zero attached hydrogens (tertiary/aromatic N) is 2. The summed E-state index contributed by atoms with van der Waals surface area (Å²) in [6, 6.07) is 6.81. The Bertz CT molecular complexity index is 771. The van der Waals surface area contributed by atoms with Crippen LogP contribution in [0.15, 0.2) is 52.6 Å². The number of ether oxygens (including phenoxy) is 1. The average Bonchev–Trinajstić information content (AvgIpc) is 3.09. The minimum atomic E-state index is -0.525. The lowest BCUT2D eigenvalue weighted by molar-refractivity contribution is -0.138. The van der Waals surface area contributed by atoms with Crippen molar-refractivity contribution < 1.29 is 9.53 Å². The number of benzene rings is 1. The molecule has 23 heavy (non-hydrogen) atoms. The van der Waals surface area contributed by atoms with Gasteiger partial charge in [-0.25, -0.2) is 9.78 Å². The quantitative estimate of drug-likeness (QED) is 0.862. The van der Waals surface area contributed by atoms with E-state index in [0.29, 0.717) is 23.0 Å². The van der Waals surface area contributed by atoms with Gasteiger partial charge in [0.15, 0.2) is 10.8 Å². The summed E-state index contributed by atoms with van der Waals surface area (Å²) in [5, 5.41) is 6.20. The van der Waals surface area contributed by atoms with Gasteiger partial charge in [0.05, 0.1) is 12.2 Å². The number of hydrogen-bond acceptors (Lipinski definition) is 6. The molecule has 0 aliphatic carbocycles. The van der Waals surface area contributed by atoms with Gasteiger partial charge in [0, 0.05) is 28.4 Å². The van der Waals surface area contributed by atoms with Gasteiger partial charge in [-0.1, -0.05) is 29.8 Å². The van der Waals surface area contributed by atoms with Crippen molar-refractivity contribution in [3.63, 3.8) is 0 Å². The molecule has 2 heterocycles. The first kappa shape index (κ1) is 15.7. The summed E-state index contributed by atoms with van der Waals surface area (Å²) in [7, 11) is 0. The zero-order valence-electron chi connectivity index (χ0n) is 12.3. The second kappa shape index (κ2) is 6.93. The molecule has 1 aliphatic heterocycles. The second-order valence-electron chi connectivity index (χ2n) is 4.70. The highest BCUT2D eigenvalue weighted by Crippen LogP contribution is 2.34. The standard InChI is InChI=1S/C16H14ClN3O2S/c1-2-22-16(21)11-9-19-14(15-18-7-8-23-15)20-13(11)10-5-3-4-6-12(10)17/h3-9,13H,2H2,1H3,(H,19,20)/t13-/m0/s1. The van der Waals surface area contributed by atoms with Crippen molar-refractivity contribution in [2.24, 2.45) is 4.99 Å². The number of carbonyl (C=O) groups excluding carboxylic acids is 1. The minimum Gasteiger partial charge on any atom is -0.463 e. The first-order valence-corrected chi connectivity index (χ1v) is 8.32. The Hall–Kier alpha value is -2.18. The van der Waals surface area contributed by atoms with Crippen LogP contribution in [0, 0.1) is 0 Å². The van der Waals surface area contributed by atoms with E-state index in [-0.39, 0.29) is 0 Å². The molecule has 7 heteroatoms. The third-order valence-corrected chi connectivity index (χ3v) is 4.39. The predicted molar refractivity (Wildman–Crippen MR) is 90.7 cm³/mol. The zero-order chi connectivity index (χ0) is 16.2. The molecule has 0 fully saturated rings. The smallest absolute Gasteiger partial charge is 0.338 e. The van der Waals surface area contributed by atoms with Gasteiger partial charge in [0.1, 0.15) is 6.04 Å². The van der Waals surface area contributed by atoms with Crippen molar-refractivity contribution in [1.29, 1.82) is 0 Å². The van der Waals surface area contributed by atoms with E-state index in [2.05, 4.69) is 15.3 Å². The van der Waals surface area contributed by atoms with Gasteiger partial charge < -0.3 is 10.1 Å². The normalized spacial score (nSPS) is 17.0. The number of rotatable bonds is 4. The first-order chi connectivity index (χ1) is 11.2. The van der Waals surface area contributed by atoms with E-state index < -0.39 is 12.0 Å². The fourth-order valence-electron chi connectivity index (χ4n) is 2.24. The summed E-state index contributed by atoms with van der Waals surface area (Å²) in [5.41, 5.74) is 1.17. The summed E-state index contributed by atoms with van der Waals surface area (Å²) in [6.07, 6.45) is 3.33. The zero-order valence-corrected chi connectivity index (χ0v) is 13.9. The number of esters is 1. The summed E-state index contributed by atoms with van der Waals surface area (Å²) in [4.78, 5) is 21.1. The van der Waals surface area contributed by atoms with E-state index in [0.717, 1.165) is 10.6 Å². The molecule has 0 amide bonds. The lowest BCUT2D eigenvalue weighted by atomic mass is 9.98. The van der Waals surface area contributed by atoms with E-state index in [1.165, 1.54) is 11.3 Å². The molecule has 1 aromatic heterocycles. The number of hydrogen-bond donors (Lipinski definition) is 1. The molecule has 1 atom stereocenters. The maximum atomic E-state index is 12.2. The molecule has 2 aromatic rings. The highest BCUT2D eigenvalue weighted by Gasteiger charge is 2.29. The minimum absolute atomic E-state index is 0.300. The Morgan fingerprint density at radius 1 is 1.43 bits per heavy atom. The van der Waals surface area contributed by atoms with E-state index in [4.69, 9.17) is 16.3 Å². The Labute approximate surface area is 142 Å². The SMILES string of the molecule is CCOC(=O)C1=CNC(c2nccs2)=N[C@H]1c1ccccc1Cl. The van der Waals surface area contributed by atoms with Gasteiger partial charge in [-0.05, 0) is 13.0 Å². The van der Waals surface area contributed by atoms with Gasteiger partial charge >= 0.3 is 5.97 Å². The van der Waals surface area contributed by atoms with Gasteiger partial charge in [-0.2, -0.15) is 0 Å². The molecule has 1 N–H and O–H groups in total. The van der Waals surface area contributed by atoms with Crippen LogP contribution in [0.1, 0.15) is 23.5 Å². The van der Waals surface area contributed by atoms with Crippen molar-refractivity contribution in [2.45, 2.75) is 13.0 Å². The van der Waals surface area contributed by atoms with E-state index >= 15 is 0 Å². The van der Waals surface area contributed by atoms with Crippen molar-refractivity contribution >= 4 is 34.7 Å². The van der Waals surface area contributed by atoms with Crippen LogP contribution in [0.25, 0.3) is 0 Å². The van der Waals surface area contributed by atoms with Crippen LogP contribution >= 0.6 is 22.9 Å². The third-order valence-electron chi connectivity index (χ3n) is 3.26. The Morgan fingerprint density at radius 2 is 2.26 bits per heavy atom. The number of thiazole rings is 1. The van der Waals surface area contributed by atoms with Gasteiger partial charge in [0.25, 0.3) is 0 Å². The van der Waals surface area contributed by atoms with Crippen LogP contribution in [0.5, 0.6) is 0 Å². The summed E-state index contributed by atoms with van der Waals surface area (Å²) in [5.74, 6) is 0.199. The largest absolute Gasteiger partial charge is 0.463 e. The molecule has 0 saturated heterocycles. The summed E-state index contributed by atoms with van der Waals surface area (Å²) >= 11 is 7.76. The summed E-state index contributed by atoms with van der Waals surface area (Å²) in [6.45, 7) is 2.07. The molecule has 0 spiro atoms. The molecular weight excluding hydrogens is 334 g/mol. The van der Waals surface area contributed by atoms with Crippen molar-refractivity contribution in [3.8, 4) is 0 Å². The molecular formula is C16H14ClN3O2S. The lowest BCUT2D eigenvalue weighted by Gasteiger charge is -2.22. The molecule has 0 unspecified atom stereocenters. The molecule has 0 radical (unpaired) electrons. The molecule has 1 aromatic carbocycles. The van der Waals surface area contributed by atoms with E-state index in [1.807, 2.05) is 23.6 Å². The number of amidine groups is 1. The van der Waals surface area contributed by atoms with Crippen LogP contribution < -0.4 is 5.32 Å². The van der Waals surface area contributed by atoms with Gasteiger partial charge in [-0.3, -0.25) is 4.99 Å². The number of carbonyl (C=O) groups is 1. The number of nitrogens with one attached hydrogen (secondary N) is 1. The topological polar surface area (TPSA) is 63.6 Å². The van der Waals surface area contributed by atoms with Crippen molar-refractivity contribution in [2.75, 3.05) is 6.61 Å². The Kier molecular flexibility index (Phi) is 4.73. The molecule has 0 saturated carbocycles.